The van der Waals surface area contributed by atoms with E-state index in [-0.39, 0.29) is 25.3 Å². The van der Waals surface area contributed by atoms with E-state index in [0.717, 1.165) is 0 Å². The highest BCUT2D eigenvalue weighted by Crippen LogP contribution is 2.20. The van der Waals surface area contributed by atoms with Crippen molar-refractivity contribution in [2.75, 3.05) is 6.54 Å². The lowest BCUT2D eigenvalue weighted by atomic mass is 10.3. The van der Waals surface area contributed by atoms with Crippen molar-refractivity contribution in [3.8, 4) is 0 Å². The molecule has 1 heterocycles. The fourth-order valence-corrected chi connectivity index (χ4v) is 1.19. The number of halogens is 3. The Kier molecular flexibility index (Phi) is 4.56. The largest absolute Gasteiger partial charge is 0.455 e. The summed E-state index contributed by atoms with van der Waals surface area (Å²) in [5.74, 6) is -0.0326. The quantitative estimate of drug-likeness (QED) is 0.783. The Morgan fingerprint density at radius 1 is 1.41 bits per heavy atom. The zero-order chi connectivity index (χ0) is 12.9. The maximum Gasteiger partial charge on any atom is 0.389 e. The molecule has 0 fully saturated rings. The fraction of sp³-hybridized carbons (Fsp3) is 0.500. The Balaban J connectivity index is 2.30. The minimum atomic E-state index is -4.19. The average molecular weight is 250 g/mol. The number of carbonyl (C=O) groups excluding carboxylic acids is 1. The smallest absolute Gasteiger partial charge is 0.389 e. The summed E-state index contributed by atoms with van der Waals surface area (Å²) in [7, 11) is 0. The van der Waals surface area contributed by atoms with Crippen LogP contribution >= 0.6 is 0 Å². The highest BCUT2D eigenvalue weighted by atomic mass is 19.4. The highest BCUT2D eigenvalue weighted by Gasteiger charge is 2.26. The van der Waals surface area contributed by atoms with Gasteiger partial charge in [0.05, 0.1) is 6.54 Å². The number of amides is 1. The number of furan rings is 1. The standard InChI is InChI=1S/C10H13F3N2O2/c11-10(12,13)4-1-5-15-9(16)8-3-2-7(6-14)17-8/h2-3H,1,4-6,14H2,(H,15,16). The monoisotopic (exact) mass is 250 g/mol. The molecular formula is C10H13F3N2O2. The Morgan fingerprint density at radius 3 is 2.65 bits per heavy atom. The van der Waals surface area contributed by atoms with Gasteiger partial charge in [-0.3, -0.25) is 4.79 Å². The topological polar surface area (TPSA) is 68.3 Å². The molecule has 0 aliphatic carbocycles. The second-order valence-corrected chi connectivity index (χ2v) is 3.44. The van der Waals surface area contributed by atoms with E-state index in [0.29, 0.717) is 5.76 Å². The van der Waals surface area contributed by atoms with Gasteiger partial charge in [-0.25, -0.2) is 0 Å². The van der Waals surface area contributed by atoms with Crippen molar-refractivity contribution in [2.45, 2.75) is 25.6 Å². The van der Waals surface area contributed by atoms with Crippen molar-refractivity contribution in [1.29, 1.82) is 0 Å². The molecule has 0 unspecified atom stereocenters. The van der Waals surface area contributed by atoms with Gasteiger partial charge in [-0.2, -0.15) is 13.2 Å². The van der Waals surface area contributed by atoms with Crippen molar-refractivity contribution >= 4 is 5.91 Å². The van der Waals surface area contributed by atoms with Gasteiger partial charge in [0.15, 0.2) is 5.76 Å². The van der Waals surface area contributed by atoms with E-state index in [2.05, 4.69) is 5.32 Å². The molecule has 0 radical (unpaired) electrons. The molecule has 1 rings (SSSR count). The molecular weight excluding hydrogens is 237 g/mol. The van der Waals surface area contributed by atoms with Crippen LogP contribution in [0.5, 0.6) is 0 Å². The maximum atomic E-state index is 11.8. The first-order valence-corrected chi connectivity index (χ1v) is 5.06. The second kappa shape index (κ2) is 5.72. The minimum Gasteiger partial charge on any atom is -0.455 e. The van der Waals surface area contributed by atoms with Crippen molar-refractivity contribution in [2.24, 2.45) is 5.73 Å². The number of carbonyl (C=O) groups is 1. The maximum absolute atomic E-state index is 11.8. The van der Waals surface area contributed by atoms with Gasteiger partial charge in [0.2, 0.25) is 0 Å². The Morgan fingerprint density at radius 2 is 2.12 bits per heavy atom. The van der Waals surface area contributed by atoms with Crippen molar-refractivity contribution in [3.05, 3.63) is 23.7 Å². The van der Waals surface area contributed by atoms with Crippen LogP contribution in [0.15, 0.2) is 16.5 Å². The van der Waals surface area contributed by atoms with Crippen LogP contribution in [0.1, 0.15) is 29.2 Å². The van der Waals surface area contributed by atoms with Crippen LogP contribution in [0.3, 0.4) is 0 Å². The van der Waals surface area contributed by atoms with Gasteiger partial charge in [0, 0.05) is 13.0 Å². The van der Waals surface area contributed by atoms with Crippen LogP contribution in [-0.2, 0) is 6.54 Å². The third kappa shape index (κ3) is 4.90. The summed E-state index contributed by atoms with van der Waals surface area (Å²) in [4.78, 5) is 11.4. The molecule has 1 aromatic heterocycles. The molecule has 1 aromatic rings. The van der Waals surface area contributed by atoms with Crippen LogP contribution in [0.4, 0.5) is 13.2 Å². The summed E-state index contributed by atoms with van der Waals surface area (Å²) in [6, 6.07) is 2.98. The lowest BCUT2D eigenvalue weighted by molar-refractivity contribution is -0.135. The summed E-state index contributed by atoms with van der Waals surface area (Å²) in [6.45, 7) is 0.123. The Hall–Kier alpha value is -1.50. The lowest BCUT2D eigenvalue weighted by Crippen LogP contribution is -2.25. The van der Waals surface area contributed by atoms with Gasteiger partial charge in [-0.05, 0) is 18.6 Å². The molecule has 0 atom stereocenters. The number of hydrogen-bond donors (Lipinski definition) is 2. The second-order valence-electron chi connectivity index (χ2n) is 3.44. The predicted molar refractivity (Wildman–Crippen MR) is 54.2 cm³/mol. The van der Waals surface area contributed by atoms with Crippen molar-refractivity contribution in [3.63, 3.8) is 0 Å². The molecule has 0 aliphatic heterocycles. The lowest BCUT2D eigenvalue weighted by Gasteiger charge is -2.06. The molecule has 17 heavy (non-hydrogen) atoms. The zero-order valence-electron chi connectivity index (χ0n) is 9.01. The van der Waals surface area contributed by atoms with E-state index in [4.69, 9.17) is 10.2 Å². The summed E-state index contributed by atoms with van der Waals surface area (Å²) in [6.07, 6.45) is -5.26. The highest BCUT2D eigenvalue weighted by molar-refractivity contribution is 5.91. The molecule has 1 amide bonds. The van der Waals surface area contributed by atoms with Crippen molar-refractivity contribution < 1.29 is 22.4 Å². The molecule has 0 saturated heterocycles. The fourth-order valence-electron chi connectivity index (χ4n) is 1.19. The Labute approximate surface area is 96.0 Å². The van der Waals surface area contributed by atoms with E-state index in [1.54, 1.807) is 6.07 Å². The van der Waals surface area contributed by atoms with Gasteiger partial charge < -0.3 is 15.5 Å². The normalized spacial score (nSPS) is 11.5. The van der Waals surface area contributed by atoms with Gasteiger partial charge in [-0.1, -0.05) is 0 Å². The first-order valence-electron chi connectivity index (χ1n) is 5.06. The average Bonchev–Trinajstić information content (AvgIpc) is 2.71. The van der Waals surface area contributed by atoms with Gasteiger partial charge >= 0.3 is 6.18 Å². The van der Waals surface area contributed by atoms with Gasteiger partial charge in [0.25, 0.3) is 5.91 Å². The molecule has 0 bridgehead atoms. The van der Waals surface area contributed by atoms with Gasteiger partial charge in [0.1, 0.15) is 5.76 Å². The molecule has 7 heteroatoms. The molecule has 96 valence electrons. The number of nitrogens with two attached hydrogens (primary N) is 1. The minimum absolute atomic E-state index is 0.0446. The molecule has 4 nitrogen and oxygen atoms in total. The Bertz CT molecular complexity index is 374. The third-order valence-corrected chi connectivity index (χ3v) is 2.01. The van der Waals surface area contributed by atoms with Crippen LogP contribution in [0, 0.1) is 0 Å². The van der Waals surface area contributed by atoms with E-state index in [9.17, 15) is 18.0 Å². The molecule has 3 N–H and O–H groups in total. The third-order valence-electron chi connectivity index (χ3n) is 2.01. The molecule has 0 aliphatic rings. The van der Waals surface area contributed by atoms with Crippen LogP contribution < -0.4 is 11.1 Å². The number of alkyl halides is 3. The zero-order valence-corrected chi connectivity index (χ0v) is 9.01. The summed E-state index contributed by atoms with van der Waals surface area (Å²) >= 11 is 0. The van der Waals surface area contributed by atoms with Crippen LogP contribution in [0.2, 0.25) is 0 Å². The summed E-state index contributed by atoms with van der Waals surface area (Å²) in [5, 5.41) is 2.34. The van der Waals surface area contributed by atoms with E-state index < -0.39 is 18.5 Å². The number of rotatable bonds is 5. The van der Waals surface area contributed by atoms with E-state index >= 15 is 0 Å². The summed E-state index contributed by atoms with van der Waals surface area (Å²) in [5.41, 5.74) is 5.28. The van der Waals surface area contributed by atoms with Gasteiger partial charge in [-0.15, -0.1) is 0 Å². The molecule has 0 spiro atoms. The first-order chi connectivity index (χ1) is 7.92. The van der Waals surface area contributed by atoms with Crippen molar-refractivity contribution in [1.82, 2.24) is 5.32 Å². The first kappa shape index (κ1) is 13.6. The molecule has 0 aromatic carbocycles. The predicted octanol–water partition coefficient (Wildman–Crippen LogP) is 1.81. The number of nitrogens with one attached hydrogen (secondary N) is 1. The van der Waals surface area contributed by atoms with Crippen LogP contribution in [-0.4, -0.2) is 18.6 Å². The van der Waals surface area contributed by atoms with E-state index in [1.807, 2.05) is 0 Å². The summed E-state index contributed by atoms with van der Waals surface area (Å²) < 4.78 is 40.5. The number of hydrogen-bond acceptors (Lipinski definition) is 3. The SMILES string of the molecule is NCc1ccc(C(=O)NCCCC(F)(F)F)o1. The van der Waals surface area contributed by atoms with E-state index in [1.165, 1.54) is 6.07 Å². The molecule has 0 saturated carbocycles. The van der Waals surface area contributed by atoms with Crippen LogP contribution in [0.25, 0.3) is 0 Å².